The van der Waals surface area contributed by atoms with Crippen LogP contribution < -0.4 is 5.32 Å². The first-order valence-corrected chi connectivity index (χ1v) is 6.10. The SMILES string of the molecule is COC1CCCCC12NCC(C)S2. The molecule has 3 atom stereocenters. The van der Waals surface area contributed by atoms with Gasteiger partial charge in [0.25, 0.3) is 0 Å². The number of methoxy groups -OCH3 is 1. The predicted octanol–water partition coefficient (Wildman–Crippen LogP) is 2.00. The number of thioether (sulfide) groups is 1. The number of nitrogens with one attached hydrogen (secondary N) is 1. The van der Waals surface area contributed by atoms with Crippen molar-refractivity contribution in [3.63, 3.8) is 0 Å². The van der Waals surface area contributed by atoms with Gasteiger partial charge in [0.15, 0.2) is 0 Å². The largest absolute Gasteiger partial charge is 0.379 e. The van der Waals surface area contributed by atoms with Crippen LogP contribution in [-0.4, -0.2) is 29.9 Å². The van der Waals surface area contributed by atoms with Crippen molar-refractivity contribution in [3.8, 4) is 0 Å². The van der Waals surface area contributed by atoms with Crippen molar-refractivity contribution in [1.29, 1.82) is 0 Å². The Morgan fingerprint density at radius 3 is 2.92 bits per heavy atom. The second kappa shape index (κ2) is 3.79. The molecule has 2 fully saturated rings. The first kappa shape index (κ1) is 9.81. The van der Waals surface area contributed by atoms with E-state index in [1.165, 1.54) is 25.7 Å². The van der Waals surface area contributed by atoms with Crippen LogP contribution in [0, 0.1) is 0 Å². The molecule has 1 aliphatic carbocycles. The van der Waals surface area contributed by atoms with E-state index >= 15 is 0 Å². The van der Waals surface area contributed by atoms with E-state index in [4.69, 9.17) is 4.74 Å². The molecular weight excluding hydrogens is 182 g/mol. The maximum Gasteiger partial charge on any atom is 0.0913 e. The van der Waals surface area contributed by atoms with Gasteiger partial charge in [0.05, 0.1) is 11.0 Å². The summed E-state index contributed by atoms with van der Waals surface area (Å²) in [5.41, 5.74) is 0. The fourth-order valence-electron chi connectivity index (χ4n) is 2.52. The molecular formula is C10H19NOS. The van der Waals surface area contributed by atoms with Crippen molar-refractivity contribution < 1.29 is 4.74 Å². The van der Waals surface area contributed by atoms with E-state index in [2.05, 4.69) is 24.0 Å². The molecule has 1 spiro atoms. The monoisotopic (exact) mass is 201 g/mol. The lowest BCUT2D eigenvalue weighted by atomic mass is 9.91. The van der Waals surface area contributed by atoms with E-state index in [9.17, 15) is 0 Å². The quantitative estimate of drug-likeness (QED) is 0.701. The minimum Gasteiger partial charge on any atom is -0.379 e. The van der Waals surface area contributed by atoms with Gasteiger partial charge in [0, 0.05) is 18.9 Å². The molecule has 3 heteroatoms. The zero-order valence-electron chi connectivity index (χ0n) is 8.51. The van der Waals surface area contributed by atoms with E-state index in [-0.39, 0.29) is 4.87 Å². The summed E-state index contributed by atoms with van der Waals surface area (Å²) >= 11 is 2.09. The van der Waals surface area contributed by atoms with Crippen molar-refractivity contribution in [2.75, 3.05) is 13.7 Å². The Morgan fingerprint density at radius 1 is 1.46 bits per heavy atom. The van der Waals surface area contributed by atoms with Crippen LogP contribution in [0.2, 0.25) is 0 Å². The molecule has 76 valence electrons. The topological polar surface area (TPSA) is 21.3 Å². The minimum atomic E-state index is 0.256. The van der Waals surface area contributed by atoms with Crippen LogP contribution in [0.1, 0.15) is 32.6 Å². The number of hydrogen-bond acceptors (Lipinski definition) is 3. The fraction of sp³-hybridized carbons (Fsp3) is 1.00. The normalized spacial score (nSPS) is 45.7. The molecule has 2 nitrogen and oxygen atoms in total. The molecule has 0 bridgehead atoms. The van der Waals surface area contributed by atoms with Gasteiger partial charge in [-0.2, -0.15) is 0 Å². The summed E-state index contributed by atoms with van der Waals surface area (Å²) in [4.78, 5) is 0.256. The molecule has 3 unspecified atom stereocenters. The Morgan fingerprint density at radius 2 is 2.31 bits per heavy atom. The third kappa shape index (κ3) is 1.74. The Labute approximate surface area is 84.8 Å². The zero-order chi connectivity index (χ0) is 9.31. The highest BCUT2D eigenvalue weighted by atomic mass is 32.2. The Bertz CT molecular complexity index is 184. The second-order valence-electron chi connectivity index (χ2n) is 4.17. The first-order chi connectivity index (χ1) is 6.27. The van der Waals surface area contributed by atoms with Crippen LogP contribution >= 0.6 is 11.8 Å². The predicted molar refractivity (Wildman–Crippen MR) is 57.1 cm³/mol. The molecule has 1 saturated carbocycles. The van der Waals surface area contributed by atoms with Gasteiger partial charge in [-0.1, -0.05) is 19.8 Å². The number of hydrogen-bond donors (Lipinski definition) is 1. The molecule has 1 aliphatic heterocycles. The third-order valence-corrected chi connectivity index (χ3v) is 4.77. The molecule has 2 rings (SSSR count). The van der Waals surface area contributed by atoms with Crippen molar-refractivity contribution >= 4 is 11.8 Å². The highest BCUT2D eigenvalue weighted by Crippen LogP contribution is 2.44. The lowest BCUT2D eigenvalue weighted by molar-refractivity contribution is 0.0314. The minimum absolute atomic E-state index is 0.256. The van der Waals surface area contributed by atoms with E-state index in [1.807, 2.05) is 7.11 Å². The number of ether oxygens (including phenoxy) is 1. The lowest BCUT2D eigenvalue weighted by Gasteiger charge is -2.39. The molecule has 1 N–H and O–H groups in total. The summed E-state index contributed by atoms with van der Waals surface area (Å²) in [6.07, 6.45) is 5.61. The standard InChI is InChI=1S/C10H19NOS/c1-8-7-11-10(13-8)6-4-3-5-9(10)12-2/h8-9,11H,3-7H2,1-2H3. The second-order valence-corrected chi connectivity index (χ2v) is 5.94. The summed E-state index contributed by atoms with van der Waals surface area (Å²) < 4.78 is 5.59. The van der Waals surface area contributed by atoms with Crippen LogP contribution in [0.25, 0.3) is 0 Å². The first-order valence-electron chi connectivity index (χ1n) is 5.22. The highest BCUT2D eigenvalue weighted by molar-refractivity contribution is 8.01. The molecule has 0 aromatic rings. The van der Waals surface area contributed by atoms with Crippen molar-refractivity contribution in [1.82, 2.24) is 5.32 Å². The lowest BCUT2D eigenvalue weighted by Crippen LogP contribution is -2.50. The molecule has 0 amide bonds. The molecule has 1 saturated heterocycles. The van der Waals surface area contributed by atoms with Gasteiger partial charge in [-0.05, 0) is 12.8 Å². The van der Waals surface area contributed by atoms with Crippen LogP contribution in [0.5, 0.6) is 0 Å². The third-order valence-electron chi connectivity index (χ3n) is 3.17. The average molecular weight is 201 g/mol. The Hall–Kier alpha value is 0.270. The van der Waals surface area contributed by atoms with Crippen molar-refractivity contribution in [2.24, 2.45) is 0 Å². The number of rotatable bonds is 1. The van der Waals surface area contributed by atoms with Crippen molar-refractivity contribution in [3.05, 3.63) is 0 Å². The van der Waals surface area contributed by atoms with Crippen LogP contribution in [0.4, 0.5) is 0 Å². The van der Waals surface area contributed by atoms with Gasteiger partial charge in [-0.15, -0.1) is 11.8 Å². The van der Waals surface area contributed by atoms with Gasteiger partial charge in [0.2, 0.25) is 0 Å². The van der Waals surface area contributed by atoms with Crippen molar-refractivity contribution in [2.45, 2.75) is 48.8 Å². The summed E-state index contributed by atoms with van der Waals surface area (Å²) in [5.74, 6) is 0. The van der Waals surface area contributed by atoms with E-state index in [0.717, 1.165) is 11.8 Å². The fourth-order valence-corrected chi connectivity index (χ4v) is 4.19. The molecule has 1 heterocycles. The van der Waals surface area contributed by atoms with Gasteiger partial charge in [-0.3, -0.25) is 5.32 Å². The van der Waals surface area contributed by atoms with Crippen LogP contribution in [0.15, 0.2) is 0 Å². The highest BCUT2D eigenvalue weighted by Gasteiger charge is 2.45. The van der Waals surface area contributed by atoms with Crippen LogP contribution in [0.3, 0.4) is 0 Å². The summed E-state index contributed by atoms with van der Waals surface area (Å²) in [7, 11) is 1.85. The molecule has 13 heavy (non-hydrogen) atoms. The zero-order valence-corrected chi connectivity index (χ0v) is 9.32. The molecule has 2 aliphatic rings. The van der Waals surface area contributed by atoms with Gasteiger partial charge < -0.3 is 4.74 Å². The molecule has 0 aromatic heterocycles. The maximum atomic E-state index is 5.59. The van der Waals surface area contributed by atoms with E-state index < -0.39 is 0 Å². The van der Waals surface area contributed by atoms with Gasteiger partial charge >= 0.3 is 0 Å². The molecule has 0 aromatic carbocycles. The Balaban J connectivity index is 2.08. The molecule has 0 radical (unpaired) electrons. The summed E-state index contributed by atoms with van der Waals surface area (Å²) in [5, 5.41) is 4.41. The van der Waals surface area contributed by atoms with E-state index in [0.29, 0.717) is 6.10 Å². The van der Waals surface area contributed by atoms with E-state index in [1.54, 1.807) is 0 Å². The average Bonchev–Trinajstić information content (AvgIpc) is 2.49. The Kier molecular flexibility index (Phi) is 2.86. The smallest absolute Gasteiger partial charge is 0.0913 e. The van der Waals surface area contributed by atoms with Gasteiger partial charge in [0.1, 0.15) is 0 Å². The summed E-state index contributed by atoms with van der Waals surface area (Å²) in [6, 6.07) is 0. The summed E-state index contributed by atoms with van der Waals surface area (Å²) in [6.45, 7) is 3.44. The maximum absolute atomic E-state index is 5.59. The van der Waals surface area contributed by atoms with Crippen LogP contribution in [-0.2, 0) is 4.74 Å². The van der Waals surface area contributed by atoms with Gasteiger partial charge in [-0.25, -0.2) is 0 Å².